The molecule has 3 aromatic rings. The number of carbonyl (C=O) groups is 2. The Labute approximate surface area is 231 Å². The summed E-state index contributed by atoms with van der Waals surface area (Å²) < 4.78 is 24.5. The third-order valence-electron chi connectivity index (χ3n) is 7.67. The summed E-state index contributed by atoms with van der Waals surface area (Å²) in [6.07, 6.45) is 1.06. The average molecular weight is 555 g/mol. The van der Waals surface area contributed by atoms with E-state index in [0.29, 0.717) is 62.0 Å². The van der Waals surface area contributed by atoms with Gasteiger partial charge < -0.3 is 29.2 Å². The Morgan fingerprint density at radius 1 is 1.23 bits per heavy atom. The quantitative estimate of drug-likeness (QED) is 0.435. The first-order valence-electron chi connectivity index (χ1n) is 13.5. The lowest BCUT2D eigenvalue weighted by Crippen LogP contribution is -2.48. The van der Waals surface area contributed by atoms with Crippen molar-refractivity contribution in [3.8, 4) is 5.88 Å². The van der Waals surface area contributed by atoms with Gasteiger partial charge in [0.1, 0.15) is 23.3 Å². The normalized spacial score (nSPS) is 20.8. The number of amides is 2. The number of aromatic nitrogens is 3. The number of halogens is 1. The van der Waals surface area contributed by atoms with E-state index in [9.17, 15) is 19.1 Å². The summed E-state index contributed by atoms with van der Waals surface area (Å²) in [7, 11) is 1.47. The Morgan fingerprint density at radius 2 is 1.98 bits per heavy atom. The molecule has 2 fully saturated rings. The number of β-amino-alcohol motifs (C(OH)–C–C–N with tert-alkyl or cyclic N) is 1. The van der Waals surface area contributed by atoms with Crippen molar-refractivity contribution in [1.82, 2.24) is 29.8 Å². The number of benzene rings is 1. The van der Waals surface area contributed by atoms with Crippen molar-refractivity contribution >= 4 is 11.8 Å². The highest BCUT2D eigenvalue weighted by molar-refractivity contribution is 5.92. The third kappa shape index (κ3) is 5.73. The minimum atomic E-state index is -0.724. The second-order valence-electron chi connectivity index (χ2n) is 10.7. The topological polar surface area (TPSA) is 128 Å². The number of rotatable bonds is 8. The van der Waals surface area contributed by atoms with Gasteiger partial charge in [0.2, 0.25) is 5.91 Å². The van der Waals surface area contributed by atoms with E-state index < -0.39 is 18.1 Å². The summed E-state index contributed by atoms with van der Waals surface area (Å²) in [4.78, 5) is 40.0. The van der Waals surface area contributed by atoms with Crippen LogP contribution in [0.2, 0.25) is 0 Å². The number of aliphatic hydroxyl groups is 1. The molecule has 0 saturated carbocycles. The number of aliphatic hydroxyl groups excluding tert-OH is 1. The summed E-state index contributed by atoms with van der Waals surface area (Å²) in [5, 5.41) is 14.3. The van der Waals surface area contributed by atoms with Gasteiger partial charge in [-0.2, -0.15) is 0 Å². The predicted molar refractivity (Wildman–Crippen MR) is 142 cm³/mol. The lowest BCUT2D eigenvalue weighted by Gasteiger charge is -2.34. The van der Waals surface area contributed by atoms with Crippen molar-refractivity contribution in [2.45, 2.75) is 44.9 Å². The number of hydrogen-bond acceptors (Lipinski definition) is 8. The molecule has 3 atom stereocenters. The second kappa shape index (κ2) is 11.8. The van der Waals surface area contributed by atoms with Gasteiger partial charge in [0, 0.05) is 57.3 Å². The Hall–Kier alpha value is -3.77. The molecule has 12 heteroatoms. The van der Waals surface area contributed by atoms with Gasteiger partial charge in [0.25, 0.3) is 11.8 Å². The molecular weight excluding hydrogens is 519 g/mol. The first kappa shape index (κ1) is 27.8. The summed E-state index contributed by atoms with van der Waals surface area (Å²) in [5.74, 6) is -0.231. The van der Waals surface area contributed by atoms with E-state index in [4.69, 9.17) is 9.26 Å². The summed E-state index contributed by atoms with van der Waals surface area (Å²) >= 11 is 0. The number of methoxy groups -OCH3 is 1. The van der Waals surface area contributed by atoms with E-state index in [1.165, 1.54) is 19.4 Å². The molecule has 4 heterocycles. The molecule has 2 aliphatic rings. The fourth-order valence-corrected chi connectivity index (χ4v) is 5.51. The fourth-order valence-electron chi connectivity index (χ4n) is 5.51. The zero-order valence-electron chi connectivity index (χ0n) is 22.9. The van der Waals surface area contributed by atoms with Crippen LogP contribution in [0.3, 0.4) is 0 Å². The lowest BCUT2D eigenvalue weighted by atomic mass is 9.91. The van der Waals surface area contributed by atoms with Gasteiger partial charge in [-0.25, -0.2) is 9.37 Å². The van der Waals surface area contributed by atoms with Gasteiger partial charge in [-0.3, -0.25) is 14.5 Å². The number of hydrogen-bond donors (Lipinski definition) is 2. The van der Waals surface area contributed by atoms with Crippen LogP contribution in [0.1, 0.15) is 59.9 Å². The van der Waals surface area contributed by atoms with E-state index >= 15 is 0 Å². The SMILES string of the molecule is COc1cc(C(C(=O)N2C[C@H](O)C[C@H]2c2ncc(C(=O)N3CCN(Cc4ccccc4F)CC3)[nH]2)C(C)C)on1. The average Bonchev–Trinajstić information content (AvgIpc) is 3.70. The Balaban J connectivity index is 1.25. The van der Waals surface area contributed by atoms with Crippen molar-refractivity contribution < 1.29 is 28.3 Å². The first-order chi connectivity index (χ1) is 19.2. The Morgan fingerprint density at radius 3 is 2.65 bits per heavy atom. The number of piperazine rings is 1. The van der Waals surface area contributed by atoms with Gasteiger partial charge in [0.05, 0.1) is 25.5 Å². The smallest absolute Gasteiger partial charge is 0.272 e. The number of nitrogens with zero attached hydrogens (tertiary/aromatic N) is 5. The van der Waals surface area contributed by atoms with Crippen molar-refractivity contribution in [1.29, 1.82) is 0 Å². The number of nitrogens with one attached hydrogen (secondary N) is 1. The van der Waals surface area contributed by atoms with Crippen LogP contribution >= 0.6 is 0 Å². The van der Waals surface area contributed by atoms with Crippen LogP contribution in [0.25, 0.3) is 0 Å². The molecule has 0 radical (unpaired) electrons. The molecule has 2 saturated heterocycles. The maximum Gasteiger partial charge on any atom is 0.272 e. The molecular formula is C28H35FN6O5. The molecule has 0 aliphatic carbocycles. The van der Waals surface area contributed by atoms with E-state index in [-0.39, 0.29) is 36.0 Å². The highest BCUT2D eigenvalue weighted by atomic mass is 19.1. The molecule has 1 unspecified atom stereocenters. The number of likely N-dealkylation sites (tertiary alicyclic amines) is 1. The van der Waals surface area contributed by atoms with Crippen LogP contribution in [0.4, 0.5) is 4.39 Å². The fraction of sp³-hybridized carbons (Fsp3) is 0.500. The summed E-state index contributed by atoms with van der Waals surface area (Å²) in [6.45, 7) is 6.73. The summed E-state index contributed by atoms with van der Waals surface area (Å²) in [6, 6.07) is 7.81. The van der Waals surface area contributed by atoms with Crippen molar-refractivity contribution in [2.24, 2.45) is 5.92 Å². The van der Waals surface area contributed by atoms with E-state index in [1.54, 1.807) is 28.0 Å². The van der Waals surface area contributed by atoms with Gasteiger partial charge in [-0.05, 0) is 17.1 Å². The first-order valence-corrected chi connectivity index (χ1v) is 13.5. The lowest BCUT2D eigenvalue weighted by molar-refractivity contribution is -0.135. The molecule has 2 amide bonds. The van der Waals surface area contributed by atoms with Crippen LogP contribution in [-0.2, 0) is 11.3 Å². The van der Waals surface area contributed by atoms with Crippen LogP contribution in [-0.4, -0.2) is 92.7 Å². The molecule has 40 heavy (non-hydrogen) atoms. The zero-order valence-corrected chi connectivity index (χ0v) is 22.9. The highest BCUT2D eigenvalue weighted by Crippen LogP contribution is 2.37. The molecule has 2 aliphatic heterocycles. The predicted octanol–water partition coefficient (Wildman–Crippen LogP) is 2.58. The highest BCUT2D eigenvalue weighted by Gasteiger charge is 2.42. The van der Waals surface area contributed by atoms with Gasteiger partial charge in [-0.15, -0.1) is 0 Å². The number of imidazole rings is 1. The maximum atomic E-state index is 14.0. The molecule has 1 aromatic carbocycles. The van der Waals surface area contributed by atoms with E-state index in [2.05, 4.69) is 20.0 Å². The van der Waals surface area contributed by atoms with E-state index in [0.717, 1.165) is 0 Å². The second-order valence-corrected chi connectivity index (χ2v) is 10.7. The molecule has 5 rings (SSSR count). The van der Waals surface area contributed by atoms with Crippen LogP contribution in [0.5, 0.6) is 5.88 Å². The van der Waals surface area contributed by atoms with Crippen molar-refractivity contribution in [2.75, 3.05) is 39.8 Å². The molecule has 11 nitrogen and oxygen atoms in total. The number of H-pyrrole nitrogens is 1. The van der Waals surface area contributed by atoms with Crippen molar-refractivity contribution in [3.63, 3.8) is 0 Å². The molecule has 2 N–H and O–H groups in total. The van der Waals surface area contributed by atoms with Gasteiger partial charge in [0.15, 0.2) is 5.76 Å². The minimum absolute atomic E-state index is 0.102. The molecule has 0 bridgehead atoms. The third-order valence-corrected chi connectivity index (χ3v) is 7.67. The zero-order chi connectivity index (χ0) is 28.4. The molecule has 214 valence electrons. The van der Waals surface area contributed by atoms with Crippen LogP contribution in [0, 0.1) is 11.7 Å². The minimum Gasteiger partial charge on any atom is -0.479 e. The van der Waals surface area contributed by atoms with Crippen LogP contribution < -0.4 is 4.74 Å². The molecule has 0 spiro atoms. The number of carbonyl (C=O) groups excluding carboxylic acids is 2. The number of aromatic amines is 1. The molecule has 2 aromatic heterocycles. The Kier molecular flexibility index (Phi) is 8.17. The standard InChI is InChI=1S/C28H35FN6O5/c1-17(2)25(23-13-24(39-3)32-40-23)28(38)35-16-19(36)12-22(35)26-30-14-21(31-26)27(37)34-10-8-33(9-11-34)15-18-6-4-5-7-20(18)29/h4-7,13-14,17,19,22,25,36H,8-12,15-16H2,1-3H3,(H,30,31)/t19-,22+,25?/m1/s1. The summed E-state index contributed by atoms with van der Waals surface area (Å²) in [5.41, 5.74) is 0.965. The monoisotopic (exact) mass is 554 g/mol. The van der Waals surface area contributed by atoms with Crippen LogP contribution in [0.15, 0.2) is 41.1 Å². The largest absolute Gasteiger partial charge is 0.479 e. The Bertz CT molecular complexity index is 1330. The maximum absolute atomic E-state index is 14.0. The van der Waals surface area contributed by atoms with Crippen molar-refractivity contribution in [3.05, 3.63) is 65.2 Å². The van der Waals surface area contributed by atoms with Gasteiger partial charge >= 0.3 is 0 Å². The van der Waals surface area contributed by atoms with Gasteiger partial charge in [-0.1, -0.05) is 32.0 Å². The van der Waals surface area contributed by atoms with E-state index in [1.807, 2.05) is 19.9 Å². The number of ether oxygens (including phenoxy) is 1.